The molecule has 6 nitrogen and oxygen atoms in total. The van der Waals surface area contributed by atoms with Crippen LogP contribution in [-0.4, -0.2) is 19.9 Å². The Morgan fingerprint density at radius 2 is 2.05 bits per heavy atom. The summed E-state index contributed by atoms with van der Waals surface area (Å²) in [6.07, 6.45) is 1.33. The third kappa shape index (κ3) is 3.58. The Labute approximate surface area is 118 Å². The fourth-order valence-corrected chi connectivity index (χ4v) is 2.59. The first-order valence-electron chi connectivity index (χ1n) is 6.26. The Hall–Kier alpha value is -1.86. The summed E-state index contributed by atoms with van der Waals surface area (Å²) in [5.74, 6) is 1.97. The summed E-state index contributed by atoms with van der Waals surface area (Å²) in [4.78, 5) is 4.17. The highest BCUT2D eigenvalue weighted by atomic mass is 32.2. The van der Waals surface area contributed by atoms with Crippen LogP contribution in [0, 0.1) is 6.92 Å². The number of sulfonamides is 1. The van der Waals surface area contributed by atoms with E-state index in [1.165, 1.54) is 12.3 Å². The first kappa shape index (κ1) is 14.5. The fraction of sp³-hybridized carbons (Fsp3) is 0.308. The lowest BCUT2D eigenvalue weighted by Crippen LogP contribution is -2.23. The summed E-state index contributed by atoms with van der Waals surface area (Å²) < 4.78 is 31.9. The number of anilines is 1. The van der Waals surface area contributed by atoms with Crippen molar-refractivity contribution in [1.82, 2.24) is 9.71 Å². The molecule has 0 saturated heterocycles. The standard InChI is InChI=1S/C13H17N3O3S/c1-3-14-13-7-6-12(9-15-13)20(17,18)16-8-11-5-4-10(2)19-11/h4-7,9,16H,3,8H2,1-2H3,(H,14,15). The number of rotatable bonds is 6. The van der Waals surface area contributed by atoms with Crippen molar-refractivity contribution in [2.24, 2.45) is 0 Å². The van der Waals surface area contributed by atoms with Crippen LogP contribution in [0.25, 0.3) is 0 Å². The smallest absolute Gasteiger partial charge is 0.242 e. The maximum atomic E-state index is 12.1. The van der Waals surface area contributed by atoms with Crippen molar-refractivity contribution in [3.8, 4) is 0 Å². The predicted octanol–water partition coefficient (Wildman–Crippen LogP) is 1.89. The van der Waals surface area contributed by atoms with Crippen LogP contribution >= 0.6 is 0 Å². The molecule has 0 aliphatic heterocycles. The van der Waals surface area contributed by atoms with E-state index in [1.54, 1.807) is 25.1 Å². The summed E-state index contributed by atoms with van der Waals surface area (Å²) in [6, 6.07) is 6.68. The second-order valence-corrected chi connectivity index (χ2v) is 6.01. The van der Waals surface area contributed by atoms with Crippen LogP contribution in [0.2, 0.25) is 0 Å². The van der Waals surface area contributed by atoms with Gasteiger partial charge in [-0.3, -0.25) is 0 Å². The molecular formula is C13H17N3O3S. The van der Waals surface area contributed by atoms with Crippen LogP contribution in [0.1, 0.15) is 18.4 Å². The van der Waals surface area contributed by atoms with Crippen molar-refractivity contribution in [3.05, 3.63) is 42.0 Å². The maximum Gasteiger partial charge on any atom is 0.242 e. The van der Waals surface area contributed by atoms with Gasteiger partial charge in [0.2, 0.25) is 10.0 Å². The molecule has 0 radical (unpaired) electrons. The number of hydrogen-bond donors (Lipinski definition) is 2. The minimum absolute atomic E-state index is 0.116. The lowest BCUT2D eigenvalue weighted by Gasteiger charge is -2.06. The third-order valence-electron chi connectivity index (χ3n) is 2.64. The molecule has 0 bridgehead atoms. The highest BCUT2D eigenvalue weighted by Gasteiger charge is 2.15. The largest absolute Gasteiger partial charge is 0.465 e. The van der Waals surface area contributed by atoms with E-state index in [1.807, 2.05) is 6.92 Å². The summed E-state index contributed by atoms with van der Waals surface area (Å²) in [5.41, 5.74) is 0. The second-order valence-electron chi connectivity index (χ2n) is 4.25. The van der Waals surface area contributed by atoms with E-state index >= 15 is 0 Å². The molecule has 0 atom stereocenters. The van der Waals surface area contributed by atoms with E-state index in [2.05, 4.69) is 15.0 Å². The maximum absolute atomic E-state index is 12.1. The minimum atomic E-state index is -3.58. The van der Waals surface area contributed by atoms with Gasteiger partial charge in [0, 0.05) is 12.7 Å². The number of aromatic nitrogens is 1. The predicted molar refractivity (Wildman–Crippen MR) is 75.9 cm³/mol. The highest BCUT2D eigenvalue weighted by Crippen LogP contribution is 2.12. The molecule has 2 N–H and O–H groups in total. The first-order chi connectivity index (χ1) is 9.51. The molecule has 0 spiro atoms. The summed E-state index contributed by atoms with van der Waals surface area (Å²) >= 11 is 0. The van der Waals surface area contributed by atoms with Gasteiger partial charge >= 0.3 is 0 Å². The number of nitrogens with one attached hydrogen (secondary N) is 2. The number of furan rings is 1. The Morgan fingerprint density at radius 3 is 2.60 bits per heavy atom. The third-order valence-corrected chi connectivity index (χ3v) is 4.02. The van der Waals surface area contributed by atoms with Gasteiger partial charge in [-0.15, -0.1) is 0 Å². The van der Waals surface area contributed by atoms with Crippen molar-refractivity contribution < 1.29 is 12.8 Å². The van der Waals surface area contributed by atoms with Gasteiger partial charge in [0.15, 0.2) is 0 Å². The molecular weight excluding hydrogens is 278 g/mol. The summed E-state index contributed by atoms with van der Waals surface area (Å²) in [5, 5.41) is 3.01. The average molecular weight is 295 g/mol. The average Bonchev–Trinajstić information content (AvgIpc) is 2.84. The molecule has 108 valence electrons. The topological polar surface area (TPSA) is 84.2 Å². The molecule has 2 aromatic rings. The second kappa shape index (κ2) is 6.06. The van der Waals surface area contributed by atoms with Crippen molar-refractivity contribution in [2.75, 3.05) is 11.9 Å². The van der Waals surface area contributed by atoms with Gasteiger partial charge in [0.1, 0.15) is 22.2 Å². The molecule has 0 aliphatic rings. The molecule has 0 unspecified atom stereocenters. The van der Waals surface area contributed by atoms with Gasteiger partial charge in [-0.05, 0) is 38.1 Å². The zero-order valence-electron chi connectivity index (χ0n) is 11.4. The van der Waals surface area contributed by atoms with Crippen molar-refractivity contribution >= 4 is 15.8 Å². The molecule has 2 heterocycles. The lowest BCUT2D eigenvalue weighted by molar-refractivity contribution is 0.475. The van der Waals surface area contributed by atoms with E-state index in [0.717, 1.165) is 12.3 Å². The first-order valence-corrected chi connectivity index (χ1v) is 7.74. The fourth-order valence-electron chi connectivity index (χ4n) is 1.65. The van der Waals surface area contributed by atoms with Crippen molar-refractivity contribution in [2.45, 2.75) is 25.3 Å². The van der Waals surface area contributed by atoms with E-state index in [0.29, 0.717) is 11.6 Å². The van der Waals surface area contributed by atoms with Crippen LogP contribution in [0.5, 0.6) is 0 Å². The molecule has 7 heteroatoms. The van der Waals surface area contributed by atoms with Gasteiger partial charge < -0.3 is 9.73 Å². The SMILES string of the molecule is CCNc1ccc(S(=O)(=O)NCc2ccc(C)o2)cn1. The van der Waals surface area contributed by atoms with Gasteiger partial charge in [0.05, 0.1) is 6.54 Å². The molecule has 2 aromatic heterocycles. The Balaban J connectivity index is 2.05. The van der Waals surface area contributed by atoms with E-state index < -0.39 is 10.0 Å². The van der Waals surface area contributed by atoms with Gasteiger partial charge in [-0.25, -0.2) is 18.1 Å². The Morgan fingerprint density at radius 1 is 1.25 bits per heavy atom. The van der Waals surface area contributed by atoms with E-state index in [-0.39, 0.29) is 11.4 Å². The van der Waals surface area contributed by atoms with Crippen LogP contribution in [0.4, 0.5) is 5.82 Å². The molecule has 0 amide bonds. The van der Waals surface area contributed by atoms with E-state index in [4.69, 9.17) is 4.42 Å². The van der Waals surface area contributed by atoms with Crippen LogP contribution in [0.3, 0.4) is 0 Å². The summed E-state index contributed by atoms with van der Waals surface area (Å²) in [7, 11) is -3.58. The van der Waals surface area contributed by atoms with Crippen LogP contribution in [0.15, 0.2) is 39.8 Å². The zero-order chi connectivity index (χ0) is 14.6. The van der Waals surface area contributed by atoms with Gasteiger partial charge in [-0.1, -0.05) is 0 Å². The monoisotopic (exact) mass is 295 g/mol. The van der Waals surface area contributed by atoms with Gasteiger partial charge in [-0.2, -0.15) is 0 Å². The Kier molecular flexibility index (Phi) is 4.41. The normalized spacial score (nSPS) is 11.5. The number of nitrogens with zero attached hydrogens (tertiary/aromatic N) is 1. The van der Waals surface area contributed by atoms with Crippen LogP contribution < -0.4 is 10.0 Å². The van der Waals surface area contributed by atoms with E-state index in [9.17, 15) is 8.42 Å². The molecule has 0 aliphatic carbocycles. The molecule has 0 saturated carbocycles. The number of pyridine rings is 1. The van der Waals surface area contributed by atoms with Crippen molar-refractivity contribution in [1.29, 1.82) is 0 Å². The lowest BCUT2D eigenvalue weighted by atomic mass is 10.4. The Bertz CT molecular complexity index is 662. The minimum Gasteiger partial charge on any atom is -0.465 e. The number of hydrogen-bond acceptors (Lipinski definition) is 5. The molecule has 0 fully saturated rings. The molecule has 0 aromatic carbocycles. The quantitative estimate of drug-likeness (QED) is 0.850. The zero-order valence-corrected chi connectivity index (χ0v) is 12.2. The number of aryl methyl sites for hydroxylation is 1. The summed E-state index contributed by atoms with van der Waals surface area (Å²) in [6.45, 7) is 4.60. The van der Waals surface area contributed by atoms with Gasteiger partial charge in [0.25, 0.3) is 0 Å². The molecule has 20 heavy (non-hydrogen) atoms. The van der Waals surface area contributed by atoms with Crippen molar-refractivity contribution in [3.63, 3.8) is 0 Å². The molecule has 2 rings (SSSR count). The van der Waals surface area contributed by atoms with Crippen LogP contribution in [-0.2, 0) is 16.6 Å². The highest BCUT2D eigenvalue weighted by molar-refractivity contribution is 7.89.